The Bertz CT molecular complexity index is 2070. The fraction of sp³-hybridized carbons (Fsp3) is 0.450. The van der Waals surface area contributed by atoms with Crippen LogP contribution in [0.3, 0.4) is 0 Å². The topological polar surface area (TPSA) is 149 Å². The van der Waals surface area contributed by atoms with E-state index in [2.05, 4.69) is 59.6 Å². The molecule has 0 spiro atoms. The van der Waals surface area contributed by atoms with Gasteiger partial charge in [0.2, 0.25) is 5.91 Å². The van der Waals surface area contributed by atoms with Crippen LogP contribution in [-0.2, 0) is 4.79 Å². The minimum absolute atomic E-state index is 0.0330. The van der Waals surface area contributed by atoms with Crippen molar-refractivity contribution in [1.82, 2.24) is 30.3 Å². The van der Waals surface area contributed by atoms with Gasteiger partial charge in [0, 0.05) is 75.4 Å². The van der Waals surface area contributed by atoms with E-state index >= 15 is 0 Å². The largest absolute Gasteiger partial charge is 0.490 e. The summed E-state index contributed by atoms with van der Waals surface area (Å²) in [4.78, 5) is 43.8. The minimum Gasteiger partial charge on any atom is -0.490 e. The Labute approximate surface area is 319 Å². The number of piperidine rings is 1. The number of fused-ring (bicyclic) bond motifs is 1. The Kier molecular flexibility index (Phi) is 10.4. The van der Waals surface area contributed by atoms with E-state index in [1.807, 2.05) is 18.2 Å². The Hall–Kier alpha value is -5.19. The predicted octanol–water partition coefficient (Wildman–Crippen LogP) is 5.69. The van der Waals surface area contributed by atoms with Crippen molar-refractivity contribution in [3.05, 3.63) is 77.1 Å². The number of likely N-dealkylation sites (tertiary alicyclic amines) is 1. The summed E-state index contributed by atoms with van der Waals surface area (Å²) in [5.41, 5.74) is 2.70. The highest BCUT2D eigenvalue weighted by Gasteiger charge is 2.31. The Morgan fingerprint density at radius 1 is 0.963 bits per heavy atom. The first-order valence-corrected chi connectivity index (χ1v) is 19.4. The van der Waals surface area contributed by atoms with Crippen LogP contribution in [0, 0.1) is 17.2 Å². The van der Waals surface area contributed by atoms with Crippen molar-refractivity contribution in [3.8, 4) is 11.8 Å². The molecule has 3 saturated heterocycles. The molecule has 4 aliphatic rings. The van der Waals surface area contributed by atoms with Crippen LogP contribution >= 0.6 is 11.6 Å². The molecule has 5 heterocycles. The summed E-state index contributed by atoms with van der Waals surface area (Å²) in [5, 5.41) is 24.8. The number of ether oxygens (including phenoxy) is 1. The lowest BCUT2D eigenvalue weighted by Gasteiger charge is -2.34. The summed E-state index contributed by atoms with van der Waals surface area (Å²) in [6, 6.07) is 19.1. The van der Waals surface area contributed by atoms with Gasteiger partial charge in [-0.05, 0) is 93.3 Å². The zero-order chi connectivity index (χ0) is 37.2. The molecule has 4 aromatic rings. The summed E-state index contributed by atoms with van der Waals surface area (Å²) in [6.07, 6.45) is 8.91. The van der Waals surface area contributed by atoms with Gasteiger partial charge in [0.1, 0.15) is 11.8 Å². The van der Waals surface area contributed by atoms with Gasteiger partial charge in [-0.1, -0.05) is 17.7 Å². The highest BCUT2D eigenvalue weighted by atomic mass is 35.5. The maximum Gasteiger partial charge on any atom is 0.328 e. The highest BCUT2D eigenvalue weighted by Crippen LogP contribution is 2.34. The number of benzene rings is 2. The summed E-state index contributed by atoms with van der Waals surface area (Å²) >= 11 is 6.15. The lowest BCUT2D eigenvalue weighted by atomic mass is 9.93. The van der Waals surface area contributed by atoms with Crippen molar-refractivity contribution >= 4 is 51.9 Å². The van der Waals surface area contributed by atoms with Crippen LogP contribution < -0.4 is 25.2 Å². The third-order valence-corrected chi connectivity index (χ3v) is 11.7. The van der Waals surface area contributed by atoms with E-state index in [-0.39, 0.29) is 30.0 Å². The van der Waals surface area contributed by atoms with Crippen LogP contribution in [0.2, 0.25) is 5.02 Å². The molecule has 14 heteroatoms. The number of urea groups is 1. The Morgan fingerprint density at radius 2 is 1.80 bits per heavy atom. The van der Waals surface area contributed by atoms with Crippen LogP contribution in [-0.4, -0.2) is 88.9 Å². The zero-order valence-corrected chi connectivity index (χ0v) is 30.9. The lowest BCUT2D eigenvalue weighted by molar-refractivity contribution is -0.120. The predicted molar refractivity (Wildman–Crippen MR) is 205 cm³/mol. The number of halogens is 1. The van der Waals surface area contributed by atoms with Crippen molar-refractivity contribution < 1.29 is 19.1 Å². The number of aromatic nitrogens is 3. The van der Waals surface area contributed by atoms with Gasteiger partial charge in [0.15, 0.2) is 11.5 Å². The number of hydrogen-bond acceptors (Lipinski definition) is 9. The van der Waals surface area contributed by atoms with Crippen LogP contribution in [0.1, 0.15) is 73.5 Å². The van der Waals surface area contributed by atoms with Gasteiger partial charge in [-0.15, -0.1) is 10.2 Å². The van der Waals surface area contributed by atoms with Gasteiger partial charge in [-0.2, -0.15) is 5.26 Å². The third kappa shape index (κ3) is 7.72. The molecule has 3 aliphatic heterocycles. The summed E-state index contributed by atoms with van der Waals surface area (Å²) in [5.74, 6) is 1.63. The molecule has 4 amide bonds. The quantitative estimate of drug-likeness (QED) is 0.220. The molecule has 1 aliphatic carbocycles. The molecular formula is C40H44ClN9O4. The van der Waals surface area contributed by atoms with Crippen molar-refractivity contribution in [2.75, 3.05) is 49.1 Å². The number of nitrogens with zero attached hydrogens (tertiary/aromatic N) is 7. The number of anilines is 2. The smallest absolute Gasteiger partial charge is 0.328 e. The molecule has 1 saturated carbocycles. The van der Waals surface area contributed by atoms with Crippen LogP contribution in [0.15, 0.2) is 60.8 Å². The van der Waals surface area contributed by atoms with E-state index in [4.69, 9.17) is 21.6 Å². The first kappa shape index (κ1) is 35.8. The first-order chi connectivity index (χ1) is 26.3. The maximum absolute atomic E-state index is 13.0. The number of amides is 4. The second-order valence-corrected chi connectivity index (χ2v) is 15.3. The molecule has 1 atom stereocenters. The maximum atomic E-state index is 13.0. The summed E-state index contributed by atoms with van der Waals surface area (Å²) in [6.45, 7) is 5.31. The monoisotopic (exact) mass is 749 g/mol. The van der Waals surface area contributed by atoms with Gasteiger partial charge in [0.05, 0.1) is 27.9 Å². The number of imide groups is 1. The van der Waals surface area contributed by atoms with Crippen molar-refractivity contribution in [2.45, 2.75) is 69.6 Å². The Balaban J connectivity index is 0.777. The van der Waals surface area contributed by atoms with E-state index in [0.29, 0.717) is 47.0 Å². The van der Waals surface area contributed by atoms with E-state index in [0.717, 1.165) is 100 Å². The van der Waals surface area contributed by atoms with E-state index < -0.39 is 0 Å². The standard InChI is InChI=1S/C40H44ClN9O4/c41-33-22-31(7-4-27(33)23-42)54-30-8-5-28(6-9-30)43-39(52)34-10-11-37(46-45-34)48-18-12-26(13-19-48)24-47-17-14-29(25-47)49-20-15-32-35(49)2-1-3-36(32)50-21-16-38(51)44-40(50)53/h1-4,7,10-11,15,20,22,26,28-30H,5-6,8-9,12-14,16-19,21,24-25H2,(H,43,52)(H,44,51,53)/t28-,29-,30-/m1/s1. The van der Waals surface area contributed by atoms with E-state index in [1.165, 1.54) is 0 Å². The lowest BCUT2D eigenvalue weighted by Crippen LogP contribution is -2.49. The van der Waals surface area contributed by atoms with Gasteiger partial charge < -0.3 is 24.4 Å². The second kappa shape index (κ2) is 15.7. The number of carbonyl (C=O) groups is 3. The fourth-order valence-electron chi connectivity index (χ4n) is 8.49. The molecule has 2 aromatic heterocycles. The molecule has 54 heavy (non-hydrogen) atoms. The average molecular weight is 750 g/mol. The molecule has 2 aromatic carbocycles. The minimum atomic E-state index is -0.359. The van der Waals surface area contributed by atoms with Gasteiger partial charge in [-0.3, -0.25) is 19.8 Å². The summed E-state index contributed by atoms with van der Waals surface area (Å²) < 4.78 is 8.44. The second-order valence-electron chi connectivity index (χ2n) is 14.9. The highest BCUT2D eigenvalue weighted by molar-refractivity contribution is 6.31. The molecule has 0 bridgehead atoms. The molecule has 0 radical (unpaired) electrons. The molecule has 2 N–H and O–H groups in total. The van der Waals surface area contributed by atoms with Gasteiger partial charge in [0.25, 0.3) is 5.91 Å². The van der Waals surface area contributed by atoms with Crippen LogP contribution in [0.4, 0.5) is 16.3 Å². The molecule has 4 fully saturated rings. The Morgan fingerprint density at radius 3 is 2.54 bits per heavy atom. The number of hydrogen-bond donors (Lipinski definition) is 2. The van der Waals surface area contributed by atoms with Crippen molar-refractivity contribution in [1.29, 1.82) is 5.26 Å². The van der Waals surface area contributed by atoms with Crippen molar-refractivity contribution in [3.63, 3.8) is 0 Å². The van der Waals surface area contributed by atoms with Gasteiger partial charge >= 0.3 is 6.03 Å². The molecule has 0 unspecified atom stereocenters. The number of nitriles is 1. The van der Waals surface area contributed by atoms with Crippen molar-refractivity contribution in [2.24, 2.45) is 5.92 Å². The van der Waals surface area contributed by atoms with Gasteiger partial charge in [-0.25, -0.2) is 4.79 Å². The normalized spacial score (nSPS) is 22.6. The van der Waals surface area contributed by atoms with E-state index in [9.17, 15) is 14.4 Å². The average Bonchev–Trinajstić information content (AvgIpc) is 3.83. The summed E-state index contributed by atoms with van der Waals surface area (Å²) in [7, 11) is 0. The van der Waals surface area contributed by atoms with Crippen LogP contribution in [0.5, 0.6) is 5.75 Å². The van der Waals surface area contributed by atoms with E-state index in [1.54, 1.807) is 29.2 Å². The number of nitrogens with one attached hydrogen (secondary N) is 2. The molecular weight excluding hydrogens is 706 g/mol. The van der Waals surface area contributed by atoms with Crippen LogP contribution in [0.25, 0.3) is 10.9 Å². The molecule has 13 nitrogen and oxygen atoms in total. The number of rotatable bonds is 9. The zero-order valence-electron chi connectivity index (χ0n) is 30.1. The third-order valence-electron chi connectivity index (χ3n) is 11.4. The first-order valence-electron chi connectivity index (χ1n) is 19.0. The molecule has 8 rings (SSSR count). The SMILES string of the molecule is N#Cc1ccc(O[C@H]2CC[C@H](NC(=O)c3ccc(N4CCC(CN5CC[C@@H](n6ccc7c(N8CCC(=O)NC8=O)cccc76)C5)CC4)nn3)CC2)cc1Cl. The number of carbonyl (C=O) groups excluding carboxylic acids is 3. The molecule has 280 valence electrons. The fourth-order valence-corrected chi connectivity index (χ4v) is 8.70.